The maximum absolute atomic E-state index is 14.5. The molecule has 5 amide bonds. The summed E-state index contributed by atoms with van der Waals surface area (Å²) in [5, 5.41) is 12.8. The van der Waals surface area contributed by atoms with Crippen LogP contribution in [0.4, 0.5) is 30.2 Å². The van der Waals surface area contributed by atoms with E-state index >= 15 is 0 Å². The van der Waals surface area contributed by atoms with E-state index in [4.69, 9.17) is 33.3 Å². The van der Waals surface area contributed by atoms with E-state index in [2.05, 4.69) is 61.9 Å². The van der Waals surface area contributed by atoms with Crippen molar-refractivity contribution in [3.8, 4) is 0 Å². The number of allylic oxidation sites excluding steroid dienone is 1. The zero-order valence-electron chi connectivity index (χ0n) is 53.3. The van der Waals surface area contributed by atoms with E-state index in [9.17, 15) is 54.0 Å². The van der Waals surface area contributed by atoms with Gasteiger partial charge in [0, 0.05) is 124 Å². The van der Waals surface area contributed by atoms with E-state index < -0.39 is 82.5 Å². The molecule has 2 unspecified atom stereocenters. The van der Waals surface area contributed by atoms with E-state index in [-0.39, 0.29) is 54.8 Å². The first-order valence-corrected chi connectivity index (χ1v) is 36.6. The van der Waals surface area contributed by atoms with Crippen molar-refractivity contribution in [3.05, 3.63) is 148 Å². The number of thiocarbonyl (C=S) groups is 1. The van der Waals surface area contributed by atoms with Gasteiger partial charge in [0.1, 0.15) is 10.9 Å². The SMILES string of the molecule is CC1(C)CCC(c2ccc(Cl)cc2)=C(CN2CCN(c3ccc(C(=O)NS(=O)(=O)c4ccc(NC(CCN5CCN(C(=S)NCCOCCOCCNc6cccc7c6C(=O)N(C6CCC(=O)NC6=O)C7=O)CC5)CSc5ccccc5)c(S(=O)(=O)C(F)(F)F)c4)cc3)CC2)C1. The minimum absolute atomic E-state index is 0.0209. The average molecular weight is 1420 g/mol. The van der Waals surface area contributed by atoms with Gasteiger partial charge >= 0.3 is 5.51 Å². The molecule has 0 radical (unpaired) electrons. The number of hydrogen-bond donors (Lipinski definition) is 5. The number of nitrogens with zero attached hydrogens (tertiary/aromatic N) is 5. The van der Waals surface area contributed by atoms with E-state index in [0.717, 1.165) is 66.5 Å². The molecule has 3 fully saturated rings. The lowest BCUT2D eigenvalue weighted by atomic mass is 9.73. The molecule has 0 aromatic heterocycles. The van der Waals surface area contributed by atoms with E-state index in [0.29, 0.717) is 99.6 Å². The smallest absolute Gasteiger partial charge is 0.382 e. The topological polar surface area (TPSA) is 248 Å². The second-order valence-corrected chi connectivity index (χ2v) is 30.4. The number of ether oxygens (including phenoxy) is 2. The molecule has 29 heteroatoms. The van der Waals surface area contributed by atoms with Crippen molar-refractivity contribution in [2.45, 2.75) is 84.7 Å². The highest BCUT2D eigenvalue weighted by Gasteiger charge is 2.49. The molecule has 0 bridgehead atoms. The molecule has 514 valence electrons. The van der Waals surface area contributed by atoms with Gasteiger partial charge in [0.05, 0.1) is 48.1 Å². The van der Waals surface area contributed by atoms with Gasteiger partial charge in [-0.2, -0.15) is 13.2 Å². The lowest BCUT2D eigenvalue weighted by molar-refractivity contribution is -0.136. The van der Waals surface area contributed by atoms with Gasteiger partial charge in [-0.15, -0.1) is 11.8 Å². The molecule has 5 N–H and O–H groups in total. The van der Waals surface area contributed by atoms with Gasteiger partial charge in [-0.05, 0) is 140 Å². The maximum Gasteiger partial charge on any atom is 0.501 e. The summed E-state index contributed by atoms with van der Waals surface area (Å²) in [6, 6.07) is 29.2. The maximum atomic E-state index is 14.5. The summed E-state index contributed by atoms with van der Waals surface area (Å²) in [7, 11) is -11.1. The fourth-order valence-electron chi connectivity index (χ4n) is 12.4. The molecule has 4 aliphatic heterocycles. The Bertz CT molecular complexity index is 3930. The molecule has 5 aliphatic rings. The first kappa shape index (κ1) is 71.6. The van der Waals surface area contributed by atoms with E-state index in [1.54, 1.807) is 24.3 Å². The number of piperazine rings is 2. The Balaban J connectivity index is 0.675. The van der Waals surface area contributed by atoms with Crippen LogP contribution in [0.2, 0.25) is 5.02 Å². The molecule has 5 aromatic rings. The van der Waals surface area contributed by atoms with Crippen LogP contribution in [0.1, 0.15) is 89.0 Å². The van der Waals surface area contributed by atoms with Gasteiger partial charge in [-0.25, -0.2) is 21.6 Å². The number of carbonyl (C=O) groups excluding carboxylic acids is 5. The van der Waals surface area contributed by atoms with Gasteiger partial charge in [0.25, 0.3) is 37.6 Å². The molecular formula is C67H78ClF3N10O11S4. The number of benzene rings is 5. The normalized spacial score (nSPS) is 18.5. The Morgan fingerprint density at radius 2 is 1.47 bits per heavy atom. The number of hydrogen-bond acceptors (Lipinski definition) is 18. The predicted octanol–water partition coefficient (Wildman–Crippen LogP) is 8.54. The van der Waals surface area contributed by atoms with Crippen molar-refractivity contribution in [2.24, 2.45) is 5.41 Å². The van der Waals surface area contributed by atoms with Crippen LogP contribution in [0.25, 0.3) is 5.57 Å². The summed E-state index contributed by atoms with van der Waals surface area (Å²) < 4.78 is 111. The third-order valence-electron chi connectivity index (χ3n) is 17.7. The second kappa shape index (κ2) is 31.6. The lowest BCUT2D eigenvalue weighted by Gasteiger charge is -2.39. The molecule has 96 heavy (non-hydrogen) atoms. The third kappa shape index (κ3) is 17.9. The van der Waals surface area contributed by atoms with Crippen LogP contribution < -0.4 is 30.9 Å². The number of fused-ring (bicyclic) bond motifs is 1. The van der Waals surface area contributed by atoms with Gasteiger partial charge in [0.2, 0.25) is 11.8 Å². The largest absolute Gasteiger partial charge is 0.501 e. The molecule has 5 aromatic carbocycles. The molecule has 0 saturated carbocycles. The van der Waals surface area contributed by atoms with Crippen molar-refractivity contribution >= 4 is 113 Å². The van der Waals surface area contributed by atoms with Crippen molar-refractivity contribution in [3.63, 3.8) is 0 Å². The van der Waals surface area contributed by atoms with Gasteiger partial charge in [-0.1, -0.05) is 67.4 Å². The Morgan fingerprint density at radius 1 is 0.781 bits per heavy atom. The minimum Gasteiger partial charge on any atom is -0.382 e. The van der Waals surface area contributed by atoms with Crippen molar-refractivity contribution in [1.29, 1.82) is 0 Å². The van der Waals surface area contributed by atoms with Crippen LogP contribution in [-0.2, 0) is 38.9 Å². The fourth-order valence-corrected chi connectivity index (χ4v) is 15.9. The number of alkyl halides is 3. The molecule has 21 nitrogen and oxygen atoms in total. The first-order valence-electron chi connectivity index (χ1n) is 31.8. The number of anilines is 3. The van der Waals surface area contributed by atoms with Gasteiger partial charge < -0.3 is 35.2 Å². The summed E-state index contributed by atoms with van der Waals surface area (Å²) >= 11 is 13.3. The van der Waals surface area contributed by atoms with Crippen LogP contribution in [0.5, 0.6) is 0 Å². The Morgan fingerprint density at radius 3 is 2.16 bits per heavy atom. The number of sulfone groups is 1. The minimum atomic E-state index is -6.15. The van der Waals surface area contributed by atoms with Crippen LogP contribution in [0.15, 0.2) is 136 Å². The van der Waals surface area contributed by atoms with Crippen molar-refractivity contribution in [1.82, 2.24) is 35.0 Å². The standard InChI is InChI=1S/C67H78ClF3N10O11S4/c1-66(2)25-23-53(45-11-15-48(68)16-12-45)47(42-66)43-78-31-33-79(34-32-78)50-17-13-46(14-18-50)61(83)76-96(89,90)52-19-20-55(58(41-52)95(87,88)67(69,70)71)74-49(44-94-51-7-4-3-5-8-51)24-28-77-29-35-80(36-30-77)65(93)73-27-38-92-40-39-91-37-26-72-56-10-6-9-54-60(56)64(86)81(63(54)85)57-21-22-59(82)75-62(57)84/h3-20,41,49,57,72,74H,21-40,42-44H2,1-2H3,(H,73,93)(H,76,83)(H,75,82,84). The highest BCUT2D eigenvalue weighted by Crippen LogP contribution is 2.43. The highest BCUT2D eigenvalue weighted by molar-refractivity contribution is 7.99. The molecule has 3 saturated heterocycles. The highest BCUT2D eigenvalue weighted by atomic mass is 35.5. The Labute approximate surface area is 572 Å². The van der Waals surface area contributed by atoms with Gasteiger partial charge in [0.15, 0.2) is 5.11 Å². The lowest BCUT2D eigenvalue weighted by Crippen LogP contribution is -2.54. The number of amides is 5. The quantitative estimate of drug-likeness (QED) is 0.0143. The number of sulfonamides is 1. The van der Waals surface area contributed by atoms with Crippen molar-refractivity contribution in [2.75, 3.05) is 126 Å². The number of thioether (sulfide) groups is 1. The van der Waals surface area contributed by atoms with E-state index in [1.807, 2.05) is 52.1 Å². The monoisotopic (exact) mass is 1420 g/mol. The number of nitrogens with one attached hydrogen (secondary N) is 5. The summed E-state index contributed by atoms with van der Waals surface area (Å²) in [6.07, 6.45) is 3.52. The number of carbonyl (C=O) groups is 5. The summed E-state index contributed by atoms with van der Waals surface area (Å²) in [5.74, 6) is -3.10. The zero-order valence-corrected chi connectivity index (χ0v) is 57.3. The van der Waals surface area contributed by atoms with Crippen LogP contribution >= 0.6 is 35.6 Å². The fraction of sp³-hybridized carbons (Fsp3) is 0.433. The zero-order chi connectivity index (χ0) is 68.4. The number of rotatable bonds is 27. The third-order valence-corrected chi connectivity index (χ3v) is 22.3. The molecule has 0 spiro atoms. The second-order valence-electron chi connectivity index (χ2n) is 24.9. The summed E-state index contributed by atoms with van der Waals surface area (Å²) in [5.41, 5.74) is -0.518. The number of halogens is 4. The summed E-state index contributed by atoms with van der Waals surface area (Å²) in [4.78, 5) is 72.6. The predicted molar refractivity (Wildman–Crippen MR) is 366 cm³/mol. The number of piperidine rings is 1. The van der Waals surface area contributed by atoms with Crippen LogP contribution in [-0.4, -0.2) is 199 Å². The van der Waals surface area contributed by atoms with Crippen LogP contribution in [0.3, 0.4) is 0 Å². The van der Waals surface area contributed by atoms with E-state index in [1.165, 1.54) is 46.7 Å². The Kier molecular flexibility index (Phi) is 23.6. The molecule has 4 heterocycles. The first-order chi connectivity index (χ1) is 45.8. The molecular weight excluding hydrogens is 1340 g/mol. The van der Waals surface area contributed by atoms with Gasteiger partial charge in [-0.3, -0.25) is 44.0 Å². The molecule has 2 atom stereocenters. The molecule has 10 rings (SSSR count). The van der Waals surface area contributed by atoms with Crippen LogP contribution in [0, 0.1) is 5.41 Å². The Hall–Kier alpha value is -7.15. The van der Waals surface area contributed by atoms with Crippen molar-refractivity contribution < 1.29 is 63.5 Å². The number of imide groups is 2. The summed E-state index contributed by atoms with van der Waals surface area (Å²) in [6.45, 7) is 13.1. The molecule has 1 aliphatic carbocycles. The average Bonchev–Trinajstić information content (AvgIpc) is 1.64.